The number of hydrogen-bond acceptors (Lipinski definition) is 8. The van der Waals surface area contributed by atoms with E-state index in [4.69, 9.17) is 17.1 Å². The lowest BCUT2D eigenvalue weighted by Gasteiger charge is -2.45. The van der Waals surface area contributed by atoms with Crippen molar-refractivity contribution in [1.29, 1.82) is 0 Å². The number of nitrogens with zero attached hydrogens (tertiary/aromatic N) is 9. The van der Waals surface area contributed by atoms with Crippen molar-refractivity contribution in [1.82, 2.24) is 29.5 Å². The van der Waals surface area contributed by atoms with Crippen LogP contribution in [0.15, 0.2) is 48.0 Å². The maximum absolute atomic E-state index is 12.6. The SMILES string of the molecule is Cc1cc(Cl)cc(-c2ccnc3cc(CN4C(=O)C5CC5C4=O)sc23)c1CN1[C@@H](C)CN(Cc2cnn(CCCN=[N+]=[N-])c2)C[C@@H]1C. The smallest absolute Gasteiger partial charge is 0.233 e. The molecule has 7 rings (SSSR count). The van der Waals surface area contributed by atoms with E-state index in [0.29, 0.717) is 36.6 Å². The van der Waals surface area contributed by atoms with Crippen LogP contribution >= 0.6 is 22.9 Å². The summed E-state index contributed by atoms with van der Waals surface area (Å²) in [5, 5.41) is 8.80. The summed E-state index contributed by atoms with van der Waals surface area (Å²) in [5.74, 6) is -0.257. The molecule has 13 heteroatoms. The number of rotatable bonds is 11. The second-order valence-corrected chi connectivity index (χ2v) is 14.8. The Morgan fingerprint density at radius 2 is 1.83 bits per heavy atom. The number of likely N-dealkylation sites (tertiary alicyclic amines) is 1. The Kier molecular flexibility index (Phi) is 8.80. The van der Waals surface area contributed by atoms with Crippen LogP contribution in [0.25, 0.3) is 31.8 Å². The van der Waals surface area contributed by atoms with E-state index < -0.39 is 0 Å². The van der Waals surface area contributed by atoms with Gasteiger partial charge in [-0.1, -0.05) is 16.7 Å². The molecule has 11 nitrogen and oxygen atoms in total. The first-order valence-corrected chi connectivity index (χ1v) is 17.4. The number of imide groups is 1. The molecule has 3 fully saturated rings. The standard InChI is InChI=1S/C34H38ClN9O2S/c1-20-9-24(35)10-27(26-5-7-37-31-11-25(47-32(26)31)18-44-33(45)28-12-29(28)34(44)46)30(20)19-43-21(2)14-41(15-22(43)3)16-23-13-39-42(17-23)8-4-6-38-40-36/h5,7,9-11,13,17,21-22,28-29H,4,6,8,12,14-16,18-19H2,1-3H3/t21-,22-,28?,29?/m0/s1. The first-order valence-electron chi connectivity index (χ1n) is 16.2. The van der Waals surface area contributed by atoms with Crippen molar-refractivity contribution in [3.05, 3.63) is 79.9 Å². The largest absolute Gasteiger partial charge is 0.296 e. The van der Waals surface area contributed by atoms with Gasteiger partial charge in [-0.2, -0.15) is 5.10 Å². The normalized spacial score (nSPS) is 23.0. The summed E-state index contributed by atoms with van der Waals surface area (Å²) < 4.78 is 2.97. The van der Waals surface area contributed by atoms with Gasteiger partial charge in [0, 0.05) is 89.7 Å². The average molecular weight is 672 g/mol. The quantitative estimate of drug-likeness (QED) is 0.0596. The number of aromatic nitrogens is 3. The molecule has 4 aromatic rings. The summed E-state index contributed by atoms with van der Waals surface area (Å²) in [5.41, 5.74) is 15.1. The van der Waals surface area contributed by atoms with Gasteiger partial charge in [0.2, 0.25) is 11.8 Å². The molecule has 1 saturated carbocycles. The number of piperidine rings is 1. The van der Waals surface area contributed by atoms with Gasteiger partial charge >= 0.3 is 0 Å². The highest BCUT2D eigenvalue weighted by molar-refractivity contribution is 7.19. The van der Waals surface area contributed by atoms with Crippen LogP contribution in [0.5, 0.6) is 0 Å². The van der Waals surface area contributed by atoms with Crippen molar-refractivity contribution in [2.24, 2.45) is 17.0 Å². The lowest BCUT2D eigenvalue weighted by Crippen LogP contribution is -2.55. The zero-order chi connectivity index (χ0) is 32.8. The van der Waals surface area contributed by atoms with Gasteiger partial charge < -0.3 is 0 Å². The second-order valence-electron chi connectivity index (χ2n) is 13.2. The van der Waals surface area contributed by atoms with Gasteiger partial charge in [0.1, 0.15) is 0 Å². The number of amides is 2. The number of fused-ring (bicyclic) bond motifs is 2. The summed E-state index contributed by atoms with van der Waals surface area (Å²) in [4.78, 5) is 40.2. The van der Waals surface area contributed by atoms with Crippen LogP contribution in [-0.4, -0.2) is 73.0 Å². The van der Waals surface area contributed by atoms with Gasteiger partial charge in [0.15, 0.2) is 0 Å². The van der Waals surface area contributed by atoms with Crippen molar-refractivity contribution < 1.29 is 9.59 Å². The number of pyridine rings is 1. The topological polar surface area (TPSA) is 123 Å². The molecule has 2 unspecified atom stereocenters. The summed E-state index contributed by atoms with van der Waals surface area (Å²) in [6.45, 7) is 11.8. The Bertz CT molecular complexity index is 1870. The van der Waals surface area contributed by atoms with Crippen LogP contribution in [0.4, 0.5) is 0 Å². The number of azide groups is 1. The van der Waals surface area contributed by atoms with Crippen LogP contribution in [-0.2, 0) is 35.8 Å². The van der Waals surface area contributed by atoms with Gasteiger partial charge in [-0.15, -0.1) is 11.3 Å². The van der Waals surface area contributed by atoms with Crippen molar-refractivity contribution in [2.75, 3.05) is 19.6 Å². The van der Waals surface area contributed by atoms with Crippen LogP contribution in [0.2, 0.25) is 5.02 Å². The molecule has 47 heavy (non-hydrogen) atoms. The van der Waals surface area contributed by atoms with E-state index in [2.05, 4.69) is 69.0 Å². The van der Waals surface area contributed by atoms with Crippen molar-refractivity contribution in [2.45, 2.75) is 71.9 Å². The summed E-state index contributed by atoms with van der Waals surface area (Å²) in [7, 11) is 0. The minimum Gasteiger partial charge on any atom is -0.296 e. The van der Waals surface area contributed by atoms with Crippen LogP contribution in [0.1, 0.15) is 48.3 Å². The van der Waals surface area contributed by atoms with E-state index in [0.717, 1.165) is 70.9 Å². The van der Waals surface area contributed by atoms with Gasteiger partial charge in [-0.3, -0.25) is 34.0 Å². The van der Waals surface area contributed by atoms with E-state index in [1.165, 1.54) is 16.0 Å². The lowest BCUT2D eigenvalue weighted by atomic mass is 9.94. The number of piperazine rings is 1. The number of aryl methyl sites for hydroxylation is 2. The minimum atomic E-state index is -0.0967. The summed E-state index contributed by atoms with van der Waals surface area (Å²) in [6.07, 6.45) is 7.35. The maximum Gasteiger partial charge on any atom is 0.233 e. The number of halogens is 1. The number of hydrogen-bond donors (Lipinski definition) is 0. The third-order valence-electron chi connectivity index (χ3n) is 9.78. The van der Waals surface area contributed by atoms with E-state index in [1.54, 1.807) is 11.3 Å². The molecule has 244 valence electrons. The van der Waals surface area contributed by atoms with Gasteiger partial charge in [-0.05, 0) is 80.1 Å². The molecule has 3 aliphatic rings. The molecule has 2 amide bonds. The van der Waals surface area contributed by atoms with Gasteiger partial charge in [0.05, 0.1) is 34.8 Å². The number of carbonyl (C=O) groups is 2. The zero-order valence-corrected chi connectivity index (χ0v) is 28.4. The second kappa shape index (κ2) is 13.0. The monoisotopic (exact) mass is 671 g/mol. The fourth-order valence-electron chi connectivity index (χ4n) is 7.37. The molecule has 1 aliphatic carbocycles. The van der Waals surface area contributed by atoms with Crippen molar-refractivity contribution >= 4 is 45.0 Å². The molecule has 0 radical (unpaired) electrons. The number of benzene rings is 1. The lowest BCUT2D eigenvalue weighted by molar-refractivity contribution is -0.141. The van der Waals surface area contributed by atoms with Gasteiger partial charge in [-0.25, -0.2) is 0 Å². The third-order valence-corrected chi connectivity index (χ3v) is 11.1. The Hall–Kier alpha value is -3.80. The predicted octanol–water partition coefficient (Wildman–Crippen LogP) is 6.42. The van der Waals surface area contributed by atoms with E-state index in [-0.39, 0.29) is 23.7 Å². The van der Waals surface area contributed by atoms with E-state index in [9.17, 15) is 9.59 Å². The number of thiophene rings is 1. The van der Waals surface area contributed by atoms with Gasteiger partial charge in [0.25, 0.3) is 0 Å². The predicted molar refractivity (Wildman–Crippen MR) is 183 cm³/mol. The molecule has 3 aromatic heterocycles. The summed E-state index contributed by atoms with van der Waals surface area (Å²) in [6, 6.07) is 8.84. The first kappa shape index (κ1) is 31.8. The maximum atomic E-state index is 12.6. The minimum absolute atomic E-state index is 0.0318. The van der Waals surface area contributed by atoms with Crippen LogP contribution in [0, 0.1) is 18.8 Å². The molecular weight excluding hydrogens is 634 g/mol. The molecule has 5 heterocycles. The summed E-state index contributed by atoms with van der Waals surface area (Å²) >= 11 is 8.30. The molecule has 2 saturated heterocycles. The Labute approximate surface area is 282 Å². The van der Waals surface area contributed by atoms with Crippen molar-refractivity contribution in [3.8, 4) is 11.1 Å². The average Bonchev–Trinajstić information content (AvgIpc) is 3.43. The van der Waals surface area contributed by atoms with Crippen LogP contribution < -0.4 is 0 Å². The highest BCUT2D eigenvalue weighted by atomic mass is 35.5. The first-order chi connectivity index (χ1) is 22.7. The Morgan fingerprint density at radius 3 is 2.57 bits per heavy atom. The highest BCUT2D eigenvalue weighted by Crippen LogP contribution is 2.48. The number of carbonyl (C=O) groups excluding carboxylic acids is 2. The van der Waals surface area contributed by atoms with Crippen LogP contribution in [0.3, 0.4) is 0 Å². The Balaban J connectivity index is 1.09. The van der Waals surface area contributed by atoms with E-state index >= 15 is 0 Å². The Morgan fingerprint density at radius 1 is 1.06 bits per heavy atom. The fraction of sp³-hybridized carbons (Fsp3) is 0.471. The molecular formula is C34H38ClN9O2S. The highest BCUT2D eigenvalue weighted by Gasteiger charge is 2.58. The third kappa shape index (κ3) is 6.40. The van der Waals surface area contributed by atoms with Crippen molar-refractivity contribution in [3.63, 3.8) is 0 Å². The molecule has 1 aromatic carbocycles. The zero-order valence-electron chi connectivity index (χ0n) is 26.8. The molecule has 4 atom stereocenters. The molecule has 0 N–H and O–H groups in total. The molecule has 2 aliphatic heterocycles. The molecule has 0 spiro atoms. The fourth-order valence-corrected chi connectivity index (χ4v) is 8.77. The molecule has 0 bridgehead atoms. The van der Waals surface area contributed by atoms with E-state index in [1.807, 2.05) is 29.2 Å².